The number of halogens is 1. The Morgan fingerprint density at radius 1 is 1.04 bits per heavy atom. The molecule has 2 aliphatic rings. The minimum atomic E-state index is -0.409. The van der Waals surface area contributed by atoms with Crippen LogP contribution in [-0.4, -0.2) is 34.3 Å². The van der Waals surface area contributed by atoms with Gasteiger partial charge < -0.3 is 4.98 Å². The Kier molecular flexibility index (Phi) is 3.81. The van der Waals surface area contributed by atoms with Crippen molar-refractivity contribution in [1.82, 2.24) is 9.88 Å². The number of carbonyl (C=O) groups is 2. The van der Waals surface area contributed by atoms with E-state index >= 15 is 0 Å². The van der Waals surface area contributed by atoms with Crippen LogP contribution in [0.4, 0.5) is 5.69 Å². The largest absolute Gasteiger partial charge is 0.357 e. The highest BCUT2D eigenvalue weighted by atomic mass is 35.5. The molecular formula is C21H18ClN3O2. The molecule has 0 saturated carbocycles. The summed E-state index contributed by atoms with van der Waals surface area (Å²) in [7, 11) is 0. The molecule has 136 valence electrons. The van der Waals surface area contributed by atoms with Gasteiger partial charge in [0.05, 0.1) is 18.2 Å². The molecule has 5 rings (SSSR count). The quantitative estimate of drug-likeness (QED) is 0.693. The van der Waals surface area contributed by atoms with Crippen molar-refractivity contribution in [3.05, 3.63) is 64.8 Å². The van der Waals surface area contributed by atoms with E-state index in [1.54, 1.807) is 24.3 Å². The summed E-state index contributed by atoms with van der Waals surface area (Å²) in [5.74, 6) is -0.309. The third-order valence-electron chi connectivity index (χ3n) is 5.56. The number of fused-ring (bicyclic) bond motifs is 3. The predicted molar refractivity (Wildman–Crippen MR) is 105 cm³/mol. The number of nitrogens with one attached hydrogen (secondary N) is 1. The minimum absolute atomic E-state index is 0.151. The van der Waals surface area contributed by atoms with E-state index in [-0.39, 0.29) is 18.2 Å². The Bertz CT molecular complexity index is 1060. The van der Waals surface area contributed by atoms with Gasteiger partial charge in [-0.1, -0.05) is 29.8 Å². The molecule has 2 aliphatic heterocycles. The topological polar surface area (TPSA) is 56.4 Å². The zero-order chi connectivity index (χ0) is 18.5. The Morgan fingerprint density at radius 2 is 1.81 bits per heavy atom. The second-order valence-electron chi connectivity index (χ2n) is 7.11. The van der Waals surface area contributed by atoms with E-state index in [0.717, 1.165) is 24.2 Å². The molecule has 0 bridgehead atoms. The molecule has 3 aromatic rings. The first-order chi connectivity index (χ1) is 13.1. The lowest BCUT2D eigenvalue weighted by atomic mass is 10.0. The molecule has 2 amide bonds. The second kappa shape index (κ2) is 6.22. The minimum Gasteiger partial charge on any atom is -0.357 e. The van der Waals surface area contributed by atoms with Crippen molar-refractivity contribution in [3.8, 4) is 0 Å². The van der Waals surface area contributed by atoms with E-state index in [4.69, 9.17) is 11.6 Å². The number of para-hydroxylation sites is 1. The van der Waals surface area contributed by atoms with E-state index < -0.39 is 6.04 Å². The van der Waals surface area contributed by atoms with Gasteiger partial charge in [-0.15, -0.1) is 0 Å². The third kappa shape index (κ3) is 2.66. The standard InChI is InChI=1S/C21H18ClN3O2/c22-13-5-7-14(8-6-13)25-20(26)11-19(21(25)27)24-10-9-16-15-3-1-2-4-17(15)23-18(16)12-24/h1-8,19,23H,9-12H2/t19-/m0/s1. The summed E-state index contributed by atoms with van der Waals surface area (Å²) in [6.07, 6.45) is 1.09. The van der Waals surface area contributed by atoms with Crippen molar-refractivity contribution in [2.45, 2.75) is 25.4 Å². The summed E-state index contributed by atoms with van der Waals surface area (Å²) in [4.78, 5) is 32.4. The zero-order valence-corrected chi connectivity index (χ0v) is 15.4. The van der Waals surface area contributed by atoms with Gasteiger partial charge in [-0.25, -0.2) is 4.90 Å². The molecule has 0 aliphatic carbocycles. The van der Waals surface area contributed by atoms with Crippen molar-refractivity contribution in [2.24, 2.45) is 0 Å². The number of benzene rings is 2. The molecule has 1 aromatic heterocycles. The van der Waals surface area contributed by atoms with Gasteiger partial charge >= 0.3 is 0 Å². The number of nitrogens with zero attached hydrogens (tertiary/aromatic N) is 2. The van der Waals surface area contributed by atoms with Gasteiger partial charge in [-0.3, -0.25) is 14.5 Å². The summed E-state index contributed by atoms with van der Waals surface area (Å²) in [6.45, 7) is 1.43. The summed E-state index contributed by atoms with van der Waals surface area (Å²) >= 11 is 5.92. The molecular weight excluding hydrogens is 362 g/mol. The van der Waals surface area contributed by atoms with E-state index in [9.17, 15) is 9.59 Å². The number of amides is 2. The lowest BCUT2D eigenvalue weighted by molar-refractivity contribution is -0.123. The van der Waals surface area contributed by atoms with Crippen LogP contribution < -0.4 is 4.90 Å². The maximum Gasteiger partial charge on any atom is 0.251 e. The van der Waals surface area contributed by atoms with Crippen molar-refractivity contribution in [3.63, 3.8) is 0 Å². The van der Waals surface area contributed by atoms with Crippen molar-refractivity contribution < 1.29 is 9.59 Å². The van der Waals surface area contributed by atoms with Crippen LogP contribution in [0.1, 0.15) is 17.7 Å². The molecule has 3 heterocycles. The normalized spacial score (nSPS) is 20.5. The molecule has 2 aromatic carbocycles. The first kappa shape index (κ1) is 16.5. The van der Waals surface area contributed by atoms with Gasteiger partial charge in [-0.05, 0) is 42.3 Å². The number of aromatic amines is 1. The monoisotopic (exact) mass is 379 g/mol. The molecule has 6 heteroatoms. The number of hydrogen-bond donors (Lipinski definition) is 1. The molecule has 0 spiro atoms. The summed E-state index contributed by atoms with van der Waals surface area (Å²) < 4.78 is 0. The maximum atomic E-state index is 13.0. The van der Waals surface area contributed by atoms with Gasteiger partial charge in [-0.2, -0.15) is 0 Å². The number of H-pyrrole nitrogens is 1. The number of rotatable bonds is 2. The van der Waals surface area contributed by atoms with Crippen molar-refractivity contribution in [2.75, 3.05) is 11.4 Å². The van der Waals surface area contributed by atoms with Crippen LogP contribution in [-0.2, 0) is 22.6 Å². The lowest BCUT2D eigenvalue weighted by Gasteiger charge is -2.30. The number of imide groups is 1. The van der Waals surface area contributed by atoms with Crippen LogP contribution in [0.5, 0.6) is 0 Å². The molecule has 1 saturated heterocycles. The number of anilines is 1. The van der Waals surface area contributed by atoms with Crippen molar-refractivity contribution >= 4 is 40.0 Å². The fraction of sp³-hybridized carbons (Fsp3) is 0.238. The van der Waals surface area contributed by atoms with Gasteiger partial charge in [0, 0.05) is 34.7 Å². The van der Waals surface area contributed by atoms with E-state index in [1.165, 1.54) is 15.8 Å². The van der Waals surface area contributed by atoms with E-state index in [2.05, 4.69) is 22.0 Å². The fourth-order valence-corrected chi connectivity index (χ4v) is 4.37. The Hall–Kier alpha value is -2.63. The fourth-order valence-electron chi connectivity index (χ4n) is 4.24. The van der Waals surface area contributed by atoms with E-state index in [1.807, 2.05) is 12.1 Å². The Morgan fingerprint density at radius 3 is 2.63 bits per heavy atom. The summed E-state index contributed by atoms with van der Waals surface area (Å²) in [5, 5.41) is 1.83. The zero-order valence-electron chi connectivity index (χ0n) is 14.6. The van der Waals surface area contributed by atoms with Gasteiger partial charge in [0.2, 0.25) is 5.91 Å². The highest BCUT2D eigenvalue weighted by molar-refractivity contribution is 6.30. The number of carbonyl (C=O) groups excluding carboxylic acids is 2. The van der Waals surface area contributed by atoms with Crippen LogP contribution in [0.25, 0.3) is 10.9 Å². The Balaban J connectivity index is 1.41. The average molecular weight is 380 g/mol. The van der Waals surface area contributed by atoms with Gasteiger partial charge in [0.1, 0.15) is 0 Å². The van der Waals surface area contributed by atoms with Gasteiger partial charge in [0.15, 0.2) is 0 Å². The molecule has 5 nitrogen and oxygen atoms in total. The predicted octanol–water partition coefficient (Wildman–Crippen LogP) is 3.51. The maximum absolute atomic E-state index is 13.0. The first-order valence-electron chi connectivity index (χ1n) is 9.07. The molecule has 1 atom stereocenters. The molecule has 0 unspecified atom stereocenters. The summed E-state index contributed by atoms with van der Waals surface area (Å²) in [6, 6.07) is 14.7. The highest BCUT2D eigenvalue weighted by Gasteiger charge is 2.43. The molecule has 27 heavy (non-hydrogen) atoms. The Labute approximate surface area is 161 Å². The van der Waals surface area contributed by atoms with Crippen LogP contribution >= 0.6 is 11.6 Å². The van der Waals surface area contributed by atoms with Gasteiger partial charge in [0.25, 0.3) is 5.91 Å². The van der Waals surface area contributed by atoms with Crippen LogP contribution in [0.2, 0.25) is 5.02 Å². The van der Waals surface area contributed by atoms with Crippen LogP contribution in [0.3, 0.4) is 0 Å². The van der Waals surface area contributed by atoms with Crippen molar-refractivity contribution in [1.29, 1.82) is 0 Å². The van der Waals surface area contributed by atoms with Crippen LogP contribution in [0, 0.1) is 0 Å². The number of hydrogen-bond acceptors (Lipinski definition) is 3. The molecule has 0 radical (unpaired) electrons. The lowest BCUT2D eigenvalue weighted by Crippen LogP contribution is -2.44. The molecule has 1 fully saturated rings. The average Bonchev–Trinajstić information content (AvgIpc) is 3.19. The van der Waals surface area contributed by atoms with Crippen LogP contribution in [0.15, 0.2) is 48.5 Å². The third-order valence-corrected chi connectivity index (χ3v) is 5.81. The SMILES string of the molecule is O=C1C[C@H](N2CCc3c([nH]c4ccccc34)C2)C(=O)N1c1ccc(Cl)cc1. The first-order valence-corrected chi connectivity index (χ1v) is 9.44. The highest BCUT2D eigenvalue weighted by Crippen LogP contribution is 2.32. The smallest absolute Gasteiger partial charge is 0.251 e. The number of aromatic nitrogens is 1. The second-order valence-corrected chi connectivity index (χ2v) is 7.55. The summed E-state index contributed by atoms with van der Waals surface area (Å²) in [5.41, 5.74) is 4.18. The van der Waals surface area contributed by atoms with E-state index in [0.29, 0.717) is 17.3 Å². The molecule has 1 N–H and O–H groups in total.